The molecule has 2 heterocycles. The third kappa shape index (κ3) is 7.69. The third-order valence-electron chi connectivity index (χ3n) is 16.2. The van der Waals surface area contributed by atoms with E-state index < -0.39 is 0 Å². The van der Waals surface area contributed by atoms with Crippen LogP contribution >= 0.6 is 0 Å². The average molecular weight is 966 g/mol. The van der Waals surface area contributed by atoms with E-state index in [0.29, 0.717) is 23.6 Å². The van der Waals surface area contributed by atoms with Gasteiger partial charge >= 0.3 is 0 Å². The number of nitrogens with one attached hydrogen (secondary N) is 2. The first kappa shape index (κ1) is 44.6. The topological polar surface area (TPSA) is 58.1 Å². The minimum absolute atomic E-state index is 0.196. The maximum atomic E-state index is 9.71. The van der Waals surface area contributed by atoms with Gasteiger partial charge in [-0.2, -0.15) is 0 Å². The van der Waals surface area contributed by atoms with Crippen LogP contribution in [0.1, 0.15) is 53.8 Å². The molecule has 11 aromatic rings. The number of hydrogen-bond donors (Lipinski definition) is 2. The first-order valence-corrected chi connectivity index (χ1v) is 26.5. The smallest absolute Gasteiger partial charge is 0.154 e. The minimum atomic E-state index is 0.196. The molecule has 14 rings (SSSR count). The summed E-state index contributed by atoms with van der Waals surface area (Å²) < 4.78 is 4.66. The molecule has 2 aromatic heterocycles. The summed E-state index contributed by atoms with van der Waals surface area (Å²) in [4.78, 5) is 5.20. The SMILES string of the molecule is CC1C=Cc2c(c3cc(C(=N)N=C(Nn4c5ccc(-c6ccccc6)cc5c5cc(-c6ccc7c(c6)c6c(n7-c7ccccc7)CCC(C7C=CC=CC7C)=C6)ccc54)c4ccccc4)ccc3c3ccccc23)C1. The summed E-state index contributed by atoms with van der Waals surface area (Å²) in [5.41, 5.74) is 21.4. The molecular formula is C70H55N5. The highest BCUT2D eigenvalue weighted by Gasteiger charge is 2.27. The quantitative estimate of drug-likeness (QED) is 0.0933. The van der Waals surface area contributed by atoms with Crippen LogP contribution in [0.3, 0.4) is 0 Å². The third-order valence-corrected chi connectivity index (χ3v) is 16.2. The van der Waals surface area contributed by atoms with Gasteiger partial charge in [-0.3, -0.25) is 15.5 Å². The lowest BCUT2D eigenvalue weighted by Crippen LogP contribution is -2.25. The highest BCUT2D eigenvalue weighted by molar-refractivity contribution is 6.19. The number of allylic oxidation sites excluding steroid dienone is 6. The van der Waals surface area contributed by atoms with E-state index in [2.05, 4.69) is 241 Å². The number of aromatic nitrogens is 2. The fourth-order valence-electron chi connectivity index (χ4n) is 12.5. The van der Waals surface area contributed by atoms with Crippen LogP contribution in [0.15, 0.2) is 229 Å². The van der Waals surface area contributed by atoms with Gasteiger partial charge in [-0.05, 0) is 141 Å². The van der Waals surface area contributed by atoms with Crippen LogP contribution in [0.25, 0.3) is 94.3 Å². The Hall–Kier alpha value is -9.06. The van der Waals surface area contributed by atoms with Crippen molar-refractivity contribution in [1.29, 1.82) is 5.41 Å². The van der Waals surface area contributed by atoms with Gasteiger partial charge < -0.3 is 4.57 Å². The van der Waals surface area contributed by atoms with Crippen molar-refractivity contribution in [2.45, 2.75) is 33.1 Å². The van der Waals surface area contributed by atoms with Crippen LogP contribution in [0.5, 0.6) is 0 Å². The van der Waals surface area contributed by atoms with Crippen LogP contribution in [0.4, 0.5) is 0 Å². The molecule has 5 heteroatoms. The normalized spacial score (nSPS) is 17.2. The van der Waals surface area contributed by atoms with Crippen LogP contribution in [0, 0.1) is 23.2 Å². The molecule has 0 amide bonds. The van der Waals surface area contributed by atoms with Crippen molar-refractivity contribution in [3.8, 4) is 27.9 Å². The van der Waals surface area contributed by atoms with E-state index in [1.165, 1.54) is 77.2 Å². The molecule has 3 aliphatic rings. The summed E-state index contributed by atoms with van der Waals surface area (Å²) in [6, 6.07) is 67.6. The van der Waals surface area contributed by atoms with Crippen molar-refractivity contribution in [3.63, 3.8) is 0 Å². The molecule has 3 aliphatic carbocycles. The van der Waals surface area contributed by atoms with Crippen molar-refractivity contribution in [1.82, 2.24) is 9.24 Å². The number of rotatable bonds is 7. The largest absolute Gasteiger partial charge is 0.313 e. The zero-order valence-corrected chi connectivity index (χ0v) is 42.1. The number of nitrogens with zero attached hydrogens (tertiary/aromatic N) is 3. The van der Waals surface area contributed by atoms with Gasteiger partial charge in [0.2, 0.25) is 0 Å². The van der Waals surface area contributed by atoms with Crippen molar-refractivity contribution in [3.05, 3.63) is 258 Å². The fraction of sp³-hybridized carbons (Fsp3) is 0.114. The van der Waals surface area contributed by atoms with E-state index in [1.54, 1.807) is 0 Å². The second-order valence-corrected chi connectivity index (χ2v) is 20.8. The zero-order valence-electron chi connectivity index (χ0n) is 42.1. The number of fused-ring (bicyclic) bond motifs is 12. The molecule has 3 atom stereocenters. The second kappa shape index (κ2) is 18.2. The number of benzene rings is 9. The molecule has 0 saturated heterocycles. The summed E-state index contributed by atoms with van der Waals surface area (Å²) in [5, 5.41) is 18.2. The molecule has 0 aliphatic heterocycles. The van der Waals surface area contributed by atoms with Crippen LogP contribution in [-0.4, -0.2) is 20.9 Å². The Morgan fingerprint density at radius 3 is 1.88 bits per heavy atom. The number of hydrogen-bond acceptors (Lipinski definition) is 1. The van der Waals surface area contributed by atoms with Crippen molar-refractivity contribution < 1.29 is 0 Å². The van der Waals surface area contributed by atoms with Gasteiger partial charge in [0.25, 0.3) is 0 Å². The molecule has 0 saturated carbocycles. The second-order valence-electron chi connectivity index (χ2n) is 20.8. The molecule has 360 valence electrons. The minimum Gasteiger partial charge on any atom is -0.313 e. The van der Waals surface area contributed by atoms with Crippen LogP contribution in [0.2, 0.25) is 0 Å². The Balaban J connectivity index is 0.909. The molecule has 0 fully saturated rings. The molecular weight excluding hydrogens is 911 g/mol. The highest BCUT2D eigenvalue weighted by Crippen LogP contribution is 2.43. The lowest BCUT2D eigenvalue weighted by molar-refractivity contribution is 0.556. The molecule has 0 radical (unpaired) electrons. The summed E-state index contributed by atoms with van der Waals surface area (Å²) >= 11 is 0. The molecule has 75 heavy (non-hydrogen) atoms. The van der Waals surface area contributed by atoms with Gasteiger partial charge in [0.15, 0.2) is 11.7 Å². The Bertz CT molecular complexity index is 4280. The van der Waals surface area contributed by atoms with E-state index in [0.717, 1.165) is 63.3 Å². The Morgan fingerprint density at radius 1 is 0.520 bits per heavy atom. The average Bonchev–Trinajstić information content (AvgIpc) is 4.01. The van der Waals surface area contributed by atoms with E-state index in [-0.39, 0.29) is 5.84 Å². The van der Waals surface area contributed by atoms with Gasteiger partial charge in [-0.1, -0.05) is 195 Å². The van der Waals surface area contributed by atoms with Crippen LogP contribution < -0.4 is 5.43 Å². The predicted octanol–water partition coefficient (Wildman–Crippen LogP) is 17.3. The van der Waals surface area contributed by atoms with Gasteiger partial charge in [0.1, 0.15) is 0 Å². The number of amidine groups is 2. The Kier molecular flexibility index (Phi) is 10.8. The summed E-state index contributed by atoms with van der Waals surface area (Å²) in [7, 11) is 0. The van der Waals surface area contributed by atoms with Gasteiger partial charge in [0.05, 0.1) is 16.6 Å². The zero-order chi connectivity index (χ0) is 50.1. The summed E-state index contributed by atoms with van der Waals surface area (Å²) in [6.45, 7) is 4.62. The van der Waals surface area contributed by atoms with E-state index >= 15 is 0 Å². The van der Waals surface area contributed by atoms with Crippen LogP contribution in [-0.2, 0) is 12.8 Å². The summed E-state index contributed by atoms with van der Waals surface area (Å²) in [5.74, 6) is 2.09. The van der Waals surface area contributed by atoms with E-state index in [9.17, 15) is 5.41 Å². The Morgan fingerprint density at radius 2 is 1.15 bits per heavy atom. The summed E-state index contributed by atoms with van der Waals surface area (Å²) in [6.07, 6.45) is 19.3. The van der Waals surface area contributed by atoms with Crippen molar-refractivity contribution in [2.24, 2.45) is 22.7 Å². The lowest BCUT2D eigenvalue weighted by Gasteiger charge is -2.26. The van der Waals surface area contributed by atoms with Gasteiger partial charge in [-0.25, -0.2) is 4.99 Å². The van der Waals surface area contributed by atoms with Gasteiger partial charge in [-0.15, -0.1) is 0 Å². The fourth-order valence-corrected chi connectivity index (χ4v) is 12.5. The standard InChI is InChI=1S/C70H55N5/c1-44-26-32-57-55-24-14-15-25-56(55)58-33-27-52(43-60(58)59(57)38-44)69(71)72-70(47-19-8-4-9-20-47)73-75-67-36-29-48(46-17-6-3-7-18-46)39-63(67)64-41-50(30-37-68(64)75)49-28-34-65-61(40-49)62-42-51(54-23-13-12-16-45(54)2)31-35-66(62)74(65)53-21-10-5-11-22-53/h3-30,32-34,36-37,39-45,54H,31,35,38H2,1-2H3,(H2,71,72,73). The number of para-hydroxylation sites is 1. The maximum absolute atomic E-state index is 9.71. The van der Waals surface area contributed by atoms with E-state index in [1.807, 2.05) is 18.2 Å². The molecule has 5 nitrogen and oxygen atoms in total. The molecule has 3 unspecified atom stereocenters. The molecule has 9 aromatic carbocycles. The lowest BCUT2D eigenvalue weighted by atomic mass is 9.79. The Labute approximate surface area is 437 Å². The van der Waals surface area contributed by atoms with Crippen molar-refractivity contribution in [2.75, 3.05) is 5.43 Å². The first-order chi connectivity index (χ1) is 36.9. The monoisotopic (exact) mass is 965 g/mol. The van der Waals surface area contributed by atoms with E-state index in [4.69, 9.17) is 4.99 Å². The molecule has 0 spiro atoms. The predicted molar refractivity (Wildman–Crippen MR) is 317 cm³/mol. The van der Waals surface area contributed by atoms with Gasteiger partial charge in [0, 0.05) is 50.1 Å². The number of aliphatic imine (C=N–C) groups is 1. The highest BCUT2D eigenvalue weighted by atomic mass is 15.4. The maximum Gasteiger partial charge on any atom is 0.154 e. The van der Waals surface area contributed by atoms with Crippen molar-refractivity contribution >= 4 is 78.1 Å². The molecule has 0 bridgehead atoms. The molecule has 2 N–H and O–H groups in total. The first-order valence-electron chi connectivity index (χ1n) is 26.5.